The number of carbonyl (C=O) groups excluding carboxylic acids is 1. The van der Waals surface area contributed by atoms with E-state index in [0.717, 1.165) is 18.5 Å². The quantitative estimate of drug-likeness (QED) is 0.807. The van der Waals surface area contributed by atoms with Crippen molar-refractivity contribution in [1.29, 1.82) is 0 Å². The van der Waals surface area contributed by atoms with Crippen molar-refractivity contribution in [3.63, 3.8) is 0 Å². The van der Waals surface area contributed by atoms with E-state index in [4.69, 9.17) is 4.74 Å². The molecule has 0 unspecified atom stereocenters. The molecule has 6 nitrogen and oxygen atoms in total. The minimum atomic E-state index is -2.69. The molecule has 0 bridgehead atoms. The highest BCUT2D eigenvalue weighted by Gasteiger charge is 2.45. The molecule has 1 aliphatic carbocycles. The minimum absolute atomic E-state index is 0.188. The molecule has 1 amide bonds. The van der Waals surface area contributed by atoms with Gasteiger partial charge in [0, 0.05) is 6.20 Å². The largest absolute Gasteiger partial charge is 0.476 e. The zero-order valence-electron chi connectivity index (χ0n) is 14.7. The molecule has 0 atom stereocenters. The molecule has 2 fully saturated rings. The highest BCUT2D eigenvalue weighted by molar-refractivity contribution is 5.92. The van der Waals surface area contributed by atoms with Crippen molar-refractivity contribution in [1.82, 2.24) is 15.3 Å². The van der Waals surface area contributed by atoms with Crippen LogP contribution in [0.25, 0.3) is 0 Å². The molecule has 0 radical (unpaired) electrons. The number of alkyl halides is 2. The second kappa shape index (κ2) is 7.09. The van der Waals surface area contributed by atoms with E-state index in [2.05, 4.69) is 15.3 Å². The molecule has 0 aromatic carbocycles. The third-order valence-electron chi connectivity index (χ3n) is 4.57. The van der Waals surface area contributed by atoms with Gasteiger partial charge in [-0.25, -0.2) is 13.8 Å². The highest BCUT2D eigenvalue weighted by atomic mass is 19.3. The first-order valence-corrected chi connectivity index (χ1v) is 8.95. The highest BCUT2D eigenvalue weighted by Crippen LogP contribution is 2.37. The van der Waals surface area contributed by atoms with Crippen molar-refractivity contribution < 1.29 is 18.3 Å². The zero-order chi connectivity index (χ0) is 18.9. The molecule has 2 aliphatic rings. The summed E-state index contributed by atoms with van der Waals surface area (Å²) in [6.45, 7) is 0.0440. The summed E-state index contributed by atoms with van der Waals surface area (Å²) in [4.78, 5) is 22.4. The third kappa shape index (κ3) is 4.32. The van der Waals surface area contributed by atoms with Crippen LogP contribution in [-0.4, -0.2) is 41.5 Å². The van der Waals surface area contributed by atoms with E-state index in [-0.39, 0.29) is 37.1 Å². The molecule has 1 saturated heterocycles. The van der Waals surface area contributed by atoms with Gasteiger partial charge in [-0.3, -0.25) is 9.78 Å². The summed E-state index contributed by atoms with van der Waals surface area (Å²) in [6.07, 6.45) is 3.85. The van der Waals surface area contributed by atoms with Crippen LogP contribution in [-0.2, 0) is 6.54 Å². The molecule has 4 rings (SSSR count). The van der Waals surface area contributed by atoms with Crippen molar-refractivity contribution in [2.75, 3.05) is 24.6 Å². The summed E-state index contributed by atoms with van der Waals surface area (Å²) in [5, 5.41) is 2.76. The smallest absolute Gasteiger partial charge is 0.282 e. The third-order valence-corrected chi connectivity index (χ3v) is 4.57. The lowest BCUT2D eigenvalue weighted by atomic mass is 10.1. The Hall–Kier alpha value is -2.77. The van der Waals surface area contributed by atoms with E-state index in [1.807, 2.05) is 12.1 Å². The SMILES string of the molecule is O=C(NCc1ccccn1)c1ccc(N2CC(F)(F)C2)c(OCC2CC2)n1. The Balaban J connectivity index is 1.47. The average Bonchev–Trinajstić information content (AvgIpc) is 3.47. The number of ether oxygens (including phenoxy) is 1. The lowest BCUT2D eigenvalue weighted by molar-refractivity contribution is -0.0265. The van der Waals surface area contributed by atoms with Gasteiger partial charge >= 0.3 is 0 Å². The summed E-state index contributed by atoms with van der Waals surface area (Å²) < 4.78 is 32.2. The Morgan fingerprint density at radius 1 is 1.26 bits per heavy atom. The van der Waals surface area contributed by atoms with Crippen LogP contribution in [0.3, 0.4) is 0 Å². The topological polar surface area (TPSA) is 67.4 Å². The standard InChI is InChI=1S/C19H20F2N4O2/c20-19(21)11-25(12-19)16-7-6-15(24-18(16)27-10-13-4-5-13)17(26)23-9-14-3-1-2-8-22-14/h1-3,6-8,13H,4-5,9-12H2,(H,23,26). The molecule has 0 spiro atoms. The first kappa shape index (κ1) is 17.6. The number of carbonyl (C=O) groups is 1. The molecule has 27 heavy (non-hydrogen) atoms. The molecule has 8 heteroatoms. The van der Waals surface area contributed by atoms with Crippen molar-refractivity contribution in [2.45, 2.75) is 25.3 Å². The molecule has 3 heterocycles. The molecule has 1 aliphatic heterocycles. The van der Waals surface area contributed by atoms with Gasteiger partial charge < -0.3 is 15.0 Å². The van der Waals surface area contributed by atoms with E-state index in [9.17, 15) is 13.6 Å². The number of aromatic nitrogens is 2. The number of anilines is 1. The van der Waals surface area contributed by atoms with Crippen LogP contribution in [0.4, 0.5) is 14.5 Å². The number of nitrogens with zero attached hydrogens (tertiary/aromatic N) is 3. The monoisotopic (exact) mass is 374 g/mol. The van der Waals surface area contributed by atoms with Gasteiger partial charge in [0.05, 0.1) is 31.9 Å². The van der Waals surface area contributed by atoms with Gasteiger partial charge in [-0.15, -0.1) is 0 Å². The maximum Gasteiger partial charge on any atom is 0.282 e. The minimum Gasteiger partial charge on any atom is -0.476 e. The molecular formula is C19H20F2N4O2. The summed E-state index contributed by atoms with van der Waals surface area (Å²) >= 11 is 0. The Morgan fingerprint density at radius 3 is 2.74 bits per heavy atom. The molecule has 2 aromatic rings. The number of nitrogens with one attached hydrogen (secondary N) is 1. The van der Waals surface area contributed by atoms with Gasteiger partial charge in [-0.1, -0.05) is 6.07 Å². The predicted molar refractivity (Wildman–Crippen MR) is 95.0 cm³/mol. The molecule has 2 aromatic heterocycles. The lowest BCUT2D eigenvalue weighted by Crippen LogP contribution is -2.56. The van der Waals surface area contributed by atoms with Crippen LogP contribution in [0.2, 0.25) is 0 Å². The van der Waals surface area contributed by atoms with Crippen molar-refractivity contribution in [3.8, 4) is 5.88 Å². The van der Waals surface area contributed by atoms with E-state index < -0.39 is 5.92 Å². The Bertz CT molecular complexity index is 820. The molecule has 142 valence electrons. The Morgan fingerprint density at radius 2 is 2.07 bits per heavy atom. The maximum absolute atomic E-state index is 13.2. The fourth-order valence-corrected chi connectivity index (χ4v) is 2.83. The van der Waals surface area contributed by atoms with Gasteiger partial charge in [-0.2, -0.15) is 0 Å². The van der Waals surface area contributed by atoms with Gasteiger partial charge in [0.25, 0.3) is 11.8 Å². The van der Waals surface area contributed by atoms with Crippen LogP contribution in [0.1, 0.15) is 29.0 Å². The Labute approximate surface area is 155 Å². The van der Waals surface area contributed by atoms with Gasteiger partial charge in [0.15, 0.2) is 0 Å². The van der Waals surface area contributed by atoms with E-state index in [0.29, 0.717) is 18.2 Å². The fourth-order valence-electron chi connectivity index (χ4n) is 2.83. The van der Waals surface area contributed by atoms with Crippen LogP contribution in [0.15, 0.2) is 36.5 Å². The van der Waals surface area contributed by atoms with E-state index >= 15 is 0 Å². The van der Waals surface area contributed by atoms with Crippen molar-refractivity contribution >= 4 is 11.6 Å². The van der Waals surface area contributed by atoms with Gasteiger partial charge in [0.2, 0.25) is 5.88 Å². The Kier molecular flexibility index (Phi) is 4.63. The molecular weight excluding hydrogens is 354 g/mol. The first-order valence-electron chi connectivity index (χ1n) is 8.95. The second-order valence-corrected chi connectivity index (χ2v) is 6.99. The fraction of sp³-hybridized carbons (Fsp3) is 0.421. The van der Waals surface area contributed by atoms with Crippen molar-refractivity contribution in [2.24, 2.45) is 5.92 Å². The van der Waals surface area contributed by atoms with Crippen LogP contribution in [0.5, 0.6) is 5.88 Å². The number of amides is 1. The number of pyridine rings is 2. The molecule has 1 saturated carbocycles. The lowest BCUT2D eigenvalue weighted by Gasteiger charge is -2.40. The second-order valence-electron chi connectivity index (χ2n) is 6.99. The first-order chi connectivity index (χ1) is 13.0. The summed E-state index contributed by atoms with van der Waals surface area (Å²) in [5.74, 6) is -2.33. The number of hydrogen-bond donors (Lipinski definition) is 1. The normalized spacial score (nSPS) is 17.9. The van der Waals surface area contributed by atoms with Crippen LogP contribution in [0, 0.1) is 5.92 Å². The summed E-state index contributed by atoms with van der Waals surface area (Å²) in [7, 11) is 0. The van der Waals surface area contributed by atoms with Crippen molar-refractivity contribution in [3.05, 3.63) is 47.9 Å². The summed E-state index contributed by atoms with van der Waals surface area (Å²) in [5.41, 5.74) is 1.42. The van der Waals surface area contributed by atoms with Crippen LogP contribution >= 0.6 is 0 Å². The molecule has 1 N–H and O–H groups in total. The van der Waals surface area contributed by atoms with Gasteiger partial charge in [-0.05, 0) is 43.0 Å². The predicted octanol–water partition coefficient (Wildman–Crippen LogP) is 2.65. The average molecular weight is 374 g/mol. The zero-order valence-corrected chi connectivity index (χ0v) is 14.7. The van der Waals surface area contributed by atoms with Gasteiger partial charge in [0.1, 0.15) is 11.4 Å². The van der Waals surface area contributed by atoms with Crippen LogP contribution < -0.4 is 15.0 Å². The van der Waals surface area contributed by atoms with E-state index in [1.165, 1.54) is 11.0 Å². The maximum atomic E-state index is 13.2. The number of hydrogen-bond acceptors (Lipinski definition) is 5. The number of rotatable bonds is 7. The summed E-state index contributed by atoms with van der Waals surface area (Å²) in [6, 6.07) is 8.61. The number of halogens is 2. The van der Waals surface area contributed by atoms with E-state index in [1.54, 1.807) is 18.3 Å².